The quantitative estimate of drug-likeness (QED) is 0.0153. The van der Waals surface area contributed by atoms with Gasteiger partial charge in [0, 0.05) is 103 Å². The zero-order valence-electron chi connectivity index (χ0n) is 64.9. The maximum Gasteiger partial charge on any atom is 0.326 e. The molecule has 6 aliphatic heterocycles. The number of aliphatic hydroxyl groups is 12. The monoisotopic (exact) mass is 1710 g/mol. The van der Waals surface area contributed by atoms with E-state index in [0.29, 0.717) is 0 Å². The summed E-state index contributed by atoms with van der Waals surface area (Å²) in [6.45, 7) is 3.53. The predicted molar refractivity (Wildman–Crippen MR) is 391 cm³/mol. The Morgan fingerprint density at radius 1 is 0.500 bits per heavy atom. The summed E-state index contributed by atoms with van der Waals surface area (Å²) in [5.41, 5.74) is 0. The summed E-state index contributed by atoms with van der Waals surface area (Å²) in [6.07, 6.45) is -36.1. The van der Waals surface area contributed by atoms with Crippen LogP contribution >= 0.6 is 21.6 Å². The first-order valence-electron chi connectivity index (χ1n) is 37.2. The molecule has 0 bridgehead atoms. The van der Waals surface area contributed by atoms with Crippen LogP contribution in [0.3, 0.4) is 0 Å². The van der Waals surface area contributed by atoms with Gasteiger partial charge in [0.2, 0.25) is 53.2 Å². The van der Waals surface area contributed by atoms with Crippen molar-refractivity contribution < 1.29 is 176 Å². The maximum absolute atomic E-state index is 14.0. The maximum atomic E-state index is 14.0. The summed E-state index contributed by atoms with van der Waals surface area (Å²) in [5.74, 6) is -8.86. The highest BCUT2D eigenvalue weighted by molar-refractivity contribution is 8.77. The zero-order valence-corrected chi connectivity index (χ0v) is 66.5. The molecular formula is C68H110N10O36S2. The normalized spacial score (nSPS) is 32.6. The average Bonchev–Trinajstić information content (AvgIpc) is 0.929. The van der Waals surface area contributed by atoms with Crippen molar-refractivity contribution in [2.45, 2.75) is 251 Å². The van der Waals surface area contributed by atoms with E-state index in [0.717, 1.165) is 60.4 Å². The van der Waals surface area contributed by atoms with Gasteiger partial charge < -0.3 is 166 Å². The summed E-state index contributed by atoms with van der Waals surface area (Å²) in [7, 11) is 3.78. The van der Waals surface area contributed by atoms with E-state index < -0.39 is 287 Å². The summed E-state index contributed by atoms with van der Waals surface area (Å²) >= 11 is 0. The highest BCUT2D eigenvalue weighted by Gasteiger charge is 2.58. The van der Waals surface area contributed by atoms with Gasteiger partial charge in [0.05, 0.1) is 59.5 Å². The summed E-state index contributed by atoms with van der Waals surface area (Å²) in [5, 5.41) is 163. The second kappa shape index (κ2) is 46.8. The van der Waals surface area contributed by atoms with Crippen LogP contribution in [0.25, 0.3) is 0 Å². The fourth-order valence-electron chi connectivity index (χ4n) is 12.9. The Bertz CT molecular complexity index is 3310. The lowest BCUT2D eigenvalue weighted by Crippen LogP contribution is -2.72. The van der Waals surface area contributed by atoms with Crippen LogP contribution in [-0.2, 0) is 110 Å². The van der Waals surface area contributed by atoms with Crippen molar-refractivity contribution in [1.29, 1.82) is 0 Å². The molecule has 6 aliphatic rings. The molecule has 0 aromatic rings. The van der Waals surface area contributed by atoms with Crippen molar-refractivity contribution >= 4 is 92.5 Å². The molecule has 0 aromatic heterocycles. The molecule has 6 heterocycles. The van der Waals surface area contributed by atoms with Gasteiger partial charge in [-0.2, -0.15) is 0 Å². The van der Waals surface area contributed by atoms with E-state index >= 15 is 0 Å². The third-order valence-electron chi connectivity index (χ3n) is 19.3. The molecule has 27 atom stereocenters. The topological polar surface area (TPSA) is 672 Å². The smallest absolute Gasteiger partial charge is 0.326 e. The van der Waals surface area contributed by atoms with Gasteiger partial charge in [0.15, 0.2) is 31.5 Å². The van der Waals surface area contributed by atoms with Crippen molar-refractivity contribution in [3.63, 3.8) is 0 Å². The lowest BCUT2D eigenvalue weighted by Gasteiger charge is -2.51. The number of imide groups is 1. The number of aliphatic carboxylic acids is 1. The molecule has 0 saturated carbocycles. The number of aliphatic hydroxyl groups excluding tert-OH is 12. The van der Waals surface area contributed by atoms with Gasteiger partial charge in [-0.15, -0.1) is 0 Å². The minimum absolute atomic E-state index is 0.0165. The summed E-state index contributed by atoms with van der Waals surface area (Å²) in [4.78, 5) is 154. The van der Waals surface area contributed by atoms with E-state index in [4.69, 9.17) is 52.1 Å². The third-order valence-corrected chi connectivity index (χ3v) is 22.6. The Morgan fingerprint density at radius 2 is 0.914 bits per heavy atom. The van der Waals surface area contributed by atoms with E-state index in [1.54, 1.807) is 0 Å². The molecule has 46 nitrogen and oxygen atoms in total. The van der Waals surface area contributed by atoms with E-state index in [2.05, 4.69) is 42.5 Å². The van der Waals surface area contributed by atoms with E-state index in [1.165, 1.54) is 24.8 Å². The molecular weight excluding hydrogens is 1600 g/mol. The van der Waals surface area contributed by atoms with Crippen LogP contribution in [0.1, 0.15) is 80.6 Å². The van der Waals surface area contributed by atoms with Gasteiger partial charge >= 0.3 is 5.97 Å². The highest BCUT2D eigenvalue weighted by Crippen LogP contribution is 2.40. The number of rotatable bonds is 44. The van der Waals surface area contributed by atoms with E-state index in [9.17, 15) is 124 Å². The number of carbonyl (C=O) groups excluding carboxylic acids is 11. The van der Waals surface area contributed by atoms with E-state index in [1.807, 2.05) is 13.8 Å². The van der Waals surface area contributed by atoms with Crippen LogP contribution in [0.2, 0.25) is 0 Å². The van der Waals surface area contributed by atoms with Crippen LogP contribution in [-0.4, -0.2) is 409 Å². The number of nitrogens with zero attached hydrogens (tertiary/aromatic N) is 2. The highest BCUT2D eigenvalue weighted by atomic mass is 33.1. The number of carboxylic acids is 1. The van der Waals surface area contributed by atoms with Crippen LogP contribution in [0.4, 0.5) is 0 Å². The largest absolute Gasteiger partial charge is 0.480 e. The van der Waals surface area contributed by atoms with Crippen molar-refractivity contribution in [3.05, 3.63) is 12.2 Å². The van der Waals surface area contributed by atoms with Gasteiger partial charge in [0.1, 0.15) is 134 Å². The van der Waals surface area contributed by atoms with Crippen LogP contribution in [0.15, 0.2) is 12.2 Å². The van der Waals surface area contributed by atoms with Crippen molar-refractivity contribution in [1.82, 2.24) is 52.3 Å². The van der Waals surface area contributed by atoms with Crippen molar-refractivity contribution in [2.75, 3.05) is 91.9 Å². The molecule has 116 heavy (non-hydrogen) atoms. The average molecular weight is 1710 g/mol. The fraction of sp³-hybridized carbons (Fsp3) is 0.794. The molecule has 48 heteroatoms. The summed E-state index contributed by atoms with van der Waals surface area (Å²) < 4.78 is 64.2. The Hall–Kier alpha value is -6.64. The van der Waals surface area contributed by atoms with Gasteiger partial charge in [-0.1, -0.05) is 21.6 Å². The molecule has 11 amide bonds. The number of likely N-dealkylation sites (N-methyl/N-ethyl adjacent to an activating group) is 1. The molecule has 0 aromatic carbocycles. The Labute approximate surface area is 673 Å². The number of hydrogen-bond donors (Lipinski definition) is 21. The minimum Gasteiger partial charge on any atom is -0.480 e. The van der Waals surface area contributed by atoms with Gasteiger partial charge in [0.25, 0.3) is 11.8 Å². The first-order valence-corrected chi connectivity index (χ1v) is 39.5. The second-order valence-corrected chi connectivity index (χ2v) is 31.6. The Kier molecular flexibility index (Phi) is 39.6. The second-order valence-electron chi connectivity index (χ2n) is 28.5. The van der Waals surface area contributed by atoms with Crippen LogP contribution in [0.5, 0.6) is 0 Å². The molecule has 5 saturated heterocycles. The molecule has 660 valence electrons. The SMILES string of the molecule is CC(=O)N[C@H]1[C@H](OC2[C@@H](CO)O[C@@H](OC3[C@@H](CO)O[C@@H](OC4[C@@H](CO)OC(O)[C@H](NC(C)=O)[C@H]4O)[C@H](NC(C)=O)[C@H]3O)[C@H](NC(C)=O)[C@H]2O)O[C@H](CO)C(O[C@@H]2O[C@H](CO)[C@@H](O)[C@H](O)[C@H]2NC(=O)CCNC(=O)[C@H](CSSC(C)(C)CCC(=O)N(C)[C@@H](C)C(=O)O)NC(=O)CCOCCOCCNC(=O)CCN2C(=O)C=CC2=O)[C@@H]1O. The van der Waals surface area contributed by atoms with Crippen LogP contribution < -0.4 is 42.5 Å². The molecule has 5 unspecified atom stereocenters. The molecule has 5 fully saturated rings. The third kappa shape index (κ3) is 28.0. The minimum atomic E-state index is -2.12. The molecule has 21 N–H and O–H groups in total. The fourth-order valence-corrected chi connectivity index (χ4v) is 15.7. The van der Waals surface area contributed by atoms with E-state index in [-0.39, 0.29) is 71.0 Å². The first kappa shape index (κ1) is 98.2. The number of carboxylic acid groups (broad SMARTS) is 1. The Morgan fingerprint density at radius 3 is 1.35 bits per heavy atom. The zero-order chi connectivity index (χ0) is 86.2. The Balaban J connectivity index is 1.11. The van der Waals surface area contributed by atoms with Gasteiger partial charge in [-0.25, -0.2) is 4.79 Å². The number of carbonyl (C=O) groups is 12. The van der Waals surface area contributed by atoms with Crippen molar-refractivity contribution in [3.8, 4) is 0 Å². The molecule has 0 radical (unpaired) electrons. The van der Waals surface area contributed by atoms with Crippen LogP contribution in [0, 0.1) is 0 Å². The van der Waals surface area contributed by atoms with Gasteiger partial charge in [-0.3, -0.25) is 57.6 Å². The van der Waals surface area contributed by atoms with Crippen molar-refractivity contribution in [2.24, 2.45) is 0 Å². The standard InChI is InChI=1S/C68H110N10O36S2/c1-29(62(101)102)77(8)43(91)11-15-68(6,7)116-115-28-34(75-42(90)14-19-104-21-22-105-20-17-69-40(88)13-18-78-44(92)9-10-45(78)93)61(100)70-16-12-41(89)76-47-52(95)51(94)35(23-79)107-64(47)112-58-37(25-81)109-66(49(54(58)97)73-32(4)86)114-60-39(27-83)110-67(50(56(60)99)74-33(5)87)113-59-38(26-82)108-65(48(55(59)98)72-31(3)85)111-57-36(24-80)106-63(103)46(53(57)96)71-30(2)84/h9-10,29,34-39,46-60,63-67,79-83,94-99,103H,11-28H2,1-8H3,(H,69,88)(H,70,100)(H,71,84)(H,72,85)(H,73,86)(H,74,87)(H,75,90)(H,76,89)(H,101,102)/t29-,34-,35+,36+,37+,38+,39+,46+,47+,48+,49+,50+,51+,52+,53+,54+,55+,56+,57?,58?,59?,60?,63?,64-,65-,66-,67-/m0/s1. The lowest BCUT2D eigenvalue weighted by atomic mass is 9.93. The predicted octanol–water partition coefficient (Wildman–Crippen LogP) is -11.5. The van der Waals surface area contributed by atoms with Gasteiger partial charge in [-0.05, 0) is 27.2 Å². The first-order chi connectivity index (χ1) is 54.8. The number of amides is 11. The summed E-state index contributed by atoms with van der Waals surface area (Å²) in [6, 6.07) is -11.1. The number of hydrogen-bond acceptors (Lipinski definition) is 37. The molecule has 6 rings (SSSR count). The molecule has 0 spiro atoms. The number of nitrogens with one attached hydrogen (secondary N) is 8. The molecule has 0 aliphatic carbocycles. The number of ether oxygens (including phenoxy) is 11. The lowest BCUT2D eigenvalue weighted by molar-refractivity contribution is -0.367.